The summed E-state index contributed by atoms with van der Waals surface area (Å²) in [7, 11) is 1.70. The molecule has 0 atom stereocenters. The van der Waals surface area contributed by atoms with Crippen molar-refractivity contribution in [3.05, 3.63) is 36.5 Å². The summed E-state index contributed by atoms with van der Waals surface area (Å²) in [6, 6.07) is 9.55. The highest BCUT2D eigenvalue weighted by atomic mass is 16.5. The number of aromatic nitrogens is 2. The molecule has 1 heterocycles. The summed E-state index contributed by atoms with van der Waals surface area (Å²) in [6.45, 7) is 4.17. The van der Waals surface area contributed by atoms with E-state index in [9.17, 15) is 0 Å². The highest BCUT2D eigenvalue weighted by molar-refractivity contribution is 5.55. The Morgan fingerprint density at radius 2 is 1.95 bits per heavy atom. The third kappa shape index (κ3) is 5.21. The van der Waals surface area contributed by atoms with Crippen LogP contribution in [0.2, 0.25) is 0 Å². The molecule has 0 aliphatic heterocycles. The molecule has 0 aliphatic rings. The first kappa shape index (κ1) is 16.0. The van der Waals surface area contributed by atoms with Gasteiger partial charge in [0.2, 0.25) is 5.95 Å². The lowest BCUT2D eigenvalue weighted by molar-refractivity contribution is 0.198. The predicted molar refractivity (Wildman–Crippen MR) is 87.9 cm³/mol. The van der Waals surface area contributed by atoms with E-state index in [1.165, 1.54) is 0 Å². The number of nitrogens with zero attached hydrogens (tertiary/aromatic N) is 2. The molecule has 0 aliphatic carbocycles. The molecule has 0 radical (unpaired) electrons. The summed E-state index contributed by atoms with van der Waals surface area (Å²) in [5.74, 6) is 2.20. The second-order valence-electron chi connectivity index (χ2n) is 4.62. The van der Waals surface area contributed by atoms with Gasteiger partial charge in [0.05, 0.1) is 6.61 Å². The SMILES string of the molecule is CCOc1ccc(Nc2nccc(NCCCOC)n2)cc1. The van der Waals surface area contributed by atoms with E-state index < -0.39 is 0 Å². The molecule has 2 aromatic rings. The highest BCUT2D eigenvalue weighted by Crippen LogP contribution is 2.18. The molecule has 2 rings (SSSR count). The maximum Gasteiger partial charge on any atom is 0.229 e. The van der Waals surface area contributed by atoms with E-state index in [2.05, 4.69) is 20.6 Å². The largest absolute Gasteiger partial charge is 0.494 e. The van der Waals surface area contributed by atoms with E-state index in [-0.39, 0.29) is 0 Å². The quantitative estimate of drug-likeness (QED) is 0.694. The summed E-state index contributed by atoms with van der Waals surface area (Å²) >= 11 is 0. The van der Waals surface area contributed by atoms with E-state index in [0.29, 0.717) is 12.6 Å². The number of benzene rings is 1. The molecular weight excluding hydrogens is 280 g/mol. The van der Waals surface area contributed by atoms with Crippen LogP contribution in [0.5, 0.6) is 5.75 Å². The van der Waals surface area contributed by atoms with Crippen molar-refractivity contribution in [2.75, 3.05) is 37.5 Å². The molecule has 0 bridgehead atoms. The van der Waals surface area contributed by atoms with Crippen molar-refractivity contribution in [2.45, 2.75) is 13.3 Å². The zero-order valence-electron chi connectivity index (χ0n) is 13.0. The Hall–Kier alpha value is -2.34. The number of anilines is 3. The first-order valence-corrected chi connectivity index (χ1v) is 7.37. The lowest BCUT2D eigenvalue weighted by Crippen LogP contribution is -2.07. The maximum atomic E-state index is 5.42. The summed E-state index contributed by atoms with van der Waals surface area (Å²) in [6.07, 6.45) is 2.66. The molecular formula is C16H22N4O2. The first-order chi connectivity index (χ1) is 10.8. The molecule has 0 amide bonds. The van der Waals surface area contributed by atoms with E-state index in [4.69, 9.17) is 9.47 Å². The van der Waals surface area contributed by atoms with E-state index in [1.54, 1.807) is 13.3 Å². The van der Waals surface area contributed by atoms with Gasteiger partial charge in [-0.3, -0.25) is 0 Å². The zero-order valence-corrected chi connectivity index (χ0v) is 13.0. The van der Waals surface area contributed by atoms with E-state index in [0.717, 1.165) is 36.8 Å². The lowest BCUT2D eigenvalue weighted by Gasteiger charge is -2.09. The van der Waals surface area contributed by atoms with Crippen molar-refractivity contribution in [2.24, 2.45) is 0 Å². The van der Waals surface area contributed by atoms with Gasteiger partial charge in [-0.05, 0) is 43.7 Å². The van der Waals surface area contributed by atoms with Gasteiger partial charge in [-0.1, -0.05) is 0 Å². The molecule has 1 aromatic heterocycles. The van der Waals surface area contributed by atoms with Crippen LogP contribution >= 0.6 is 0 Å². The Morgan fingerprint density at radius 1 is 1.14 bits per heavy atom. The Morgan fingerprint density at radius 3 is 2.68 bits per heavy atom. The second kappa shape index (κ2) is 8.84. The van der Waals surface area contributed by atoms with Crippen molar-refractivity contribution >= 4 is 17.5 Å². The van der Waals surface area contributed by atoms with Crippen LogP contribution in [-0.4, -0.2) is 36.8 Å². The van der Waals surface area contributed by atoms with Gasteiger partial charge in [-0.25, -0.2) is 4.98 Å². The van der Waals surface area contributed by atoms with Gasteiger partial charge in [0.25, 0.3) is 0 Å². The molecule has 6 nitrogen and oxygen atoms in total. The number of hydrogen-bond acceptors (Lipinski definition) is 6. The van der Waals surface area contributed by atoms with Crippen LogP contribution in [0.15, 0.2) is 36.5 Å². The van der Waals surface area contributed by atoms with Gasteiger partial charge >= 0.3 is 0 Å². The van der Waals surface area contributed by atoms with E-state index >= 15 is 0 Å². The van der Waals surface area contributed by atoms with Crippen LogP contribution in [0.25, 0.3) is 0 Å². The van der Waals surface area contributed by atoms with Gasteiger partial charge in [-0.15, -0.1) is 0 Å². The third-order valence-corrected chi connectivity index (χ3v) is 2.91. The molecule has 0 unspecified atom stereocenters. The molecule has 2 N–H and O–H groups in total. The topological polar surface area (TPSA) is 68.3 Å². The van der Waals surface area contributed by atoms with Crippen LogP contribution < -0.4 is 15.4 Å². The summed E-state index contributed by atoms with van der Waals surface area (Å²) < 4.78 is 10.4. The number of nitrogens with one attached hydrogen (secondary N) is 2. The summed E-state index contributed by atoms with van der Waals surface area (Å²) in [5.41, 5.74) is 0.917. The normalized spacial score (nSPS) is 10.3. The molecule has 22 heavy (non-hydrogen) atoms. The minimum absolute atomic E-state index is 0.556. The molecule has 0 spiro atoms. The van der Waals surface area contributed by atoms with Crippen molar-refractivity contribution in [3.63, 3.8) is 0 Å². The van der Waals surface area contributed by atoms with Gasteiger partial charge in [0, 0.05) is 32.1 Å². The fourth-order valence-electron chi connectivity index (χ4n) is 1.88. The van der Waals surface area contributed by atoms with Gasteiger partial charge in [-0.2, -0.15) is 4.98 Å². The minimum atomic E-state index is 0.556. The number of methoxy groups -OCH3 is 1. The molecule has 6 heteroatoms. The monoisotopic (exact) mass is 302 g/mol. The third-order valence-electron chi connectivity index (χ3n) is 2.91. The standard InChI is InChI=1S/C16H22N4O2/c1-3-22-14-7-5-13(6-8-14)19-16-18-11-9-15(20-16)17-10-4-12-21-2/h5-9,11H,3-4,10,12H2,1-2H3,(H2,17,18,19,20). The van der Waals surface area contributed by atoms with Gasteiger partial charge in [0.1, 0.15) is 11.6 Å². The highest BCUT2D eigenvalue weighted by Gasteiger charge is 2.00. The average Bonchev–Trinajstić information content (AvgIpc) is 2.54. The Labute approximate surface area is 130 Å². The Kier molecular flexibility index (Phi) is 6.44. The van der Waals surface area contributed by atoms with Crippen molar-refractivity contribution < 1.29 is 9.47 Å². The van der Waals surface area contributed by atoms with E-state index in [1.807, 2.05) is 37.3 Å². The van der Waals surface area contributed by atoms with Crippen molar-refractivity contribution in [1.82, 2.24) is 9.97 Å². The minimum Gasteiger partial charge on any atom is -0.494 e. The number of hydrogen-bond donors (Lipinski definition) is 2. The van der Waals surface area contributed by atoms with Gasteiger partial charge < -0.3 is 20.1 Å². The number of ether oxygens (including phenoxy) is 2. The second-order valence-corrected chi connectivity index (χ2v) is 4.62. The first-order valence-electron chi connectivity index (χ1n) is 7.37. The Bertz CT molecular complexity index is 560. The molecule has 0 fully saturated rings. The smallest absolute Gasteiger partial charge is 0.229 e. The van der Waals surface area contributed by atoms with Crippen molar-refractivity contribution in [3.8, 4) is 5.75 Å². The summed E-state index contributed by atoms with van der Waals surface area (Å²) in [5, 5.41) is 6.41. The van der Waals surface area contributed by atoms with Crippen LogP contribution in [0.1, 0.15) is 13.3 Å². The summed E-state index contributed by atoms with van der Waals surface area (Å²) in [4.78, 5) is 8.64. The molecule has 0 saturated heterocycles. The van der Waals surface area contributed by atoms with Crippen LogP contribution in [0, 0.1) is 0 Å². The van der Waals surface area contributed by atoms with Crippen LogP contribution in [0.3, 0.4) is 0 Å². The predicted octanol–water partition coefficient (Wildman–Crippen LogP) is 3.07. The van der Waals surface area contributed by atoms with Crippen LogP contribution in [0.4, 0.5) is 17.5 Å². The van der Waals surface area contributed by atoms with Crippen molar-refractivity contribution in [1.29, 1.82) is 0 Å². The fraction of sp³-hybridized carbons (Fsp3) is 0.375. The fourth-order valence-corrected chi connectivity index (χ4v) is 1.88. The van der Waals surface area contributed by atoms with Gasteiger partial charge in [0.15, 0.2) is 0 Å². The maximum absolute atomic E-state index is 5.42. The molecule has 118 valence electrons. The number of rotatable bonds is 9. The van der Waals surface area contributed by atoms with Crippen LogP contribution in [-0.2, 0) is 4.74 Å². The lowest BCUT2D eigenvalue weighted by atomic mass is 10.3. The average molecular weight is 302 g/mol. The molecule has 1 aromatic carbocycles. The molecule has 0 saturated carbocycles. The zero-order chi connectivity index (χ0) is 15.6. The Balaban J connectivity index is 1.91.